The van der Waals surface area contributed by atoms with Crippen LogP contribution in [0.4, 0.5) is 26.3 Å². The van der Waals surface area contributed by atoms with Crippen molar-refractivity contribution in [3.05, 3.63) is 0 Å². The number of nitrogens with zero attached hydrogens (tertiary/aromatic N) is 4. The molecule has 0 amide bonds. The summed E-state index contributed by atoms with van der Waals surface area (Å²) < 4.78 is 82.7. The van der Waals surface area contributed by atoms with Crippen LogP contribution in [0.25, 0.3) is 0 Å². The summed E-state index contributed by atoms with van der Waals surface area (Å²) in [6.45, 7) is 13.4. The van der Waals surface area contributed by atoms with Crippen LogP contribution < -0.4 is 0 Å². The van der Waals surface area contributed by atoms with E-state index in [2.05, 4.69) is 30.6 Å². The summed E-state index contributed by atoms with van der Waals surface area (Å²) in [6.07, 6.45) is -6.90. The Hall–Kier alpha value is -0.580. The molecule has 1 unspecified atom stereocenters. The van der Waals surface area contributed by atoms with Crippen LogP contribution in [0.3, 0.4) is 0 Å². The van der Waals surface area contributed by atoms with Crippen molar-refractivity contribution in [3.63, 3.8) is 0 Å². The Morgan fingerprint density at radius 1 is 0.676 bits per heavy atom. The number of alkyl halides is 6. The standard InChI is InChI=1S/C24H40F6N4/c1-21(2,3)31-12-18(13-31)34-10-8-16(20(34)24(28,29)30)11-22(4,5)32-14-17(15-32)33-9-6-7-19(33)23(25,26)27/h16-20H,6-15H2,1-5H3/t16?,19-,20+/m1/s1. The lowest BCUT2D eigenvalue weighted by Gasteiger charge is -2.54. The first-order chi connectivity index (χ1) is 15.5. The summed E-state index contributed by atoms with van der Waals surface area (Å²) in [6, 6.07) is -3.05. The zero-order valence-corrected chi connectivity index (χ0v) is 21.0. The molecule has 4 fully saturated rings. The molecule has 0 aromatic carbocycles. The van der Waals surface area contributed by atoms with Gasteiger partial charge in [0.25, 0.3) is 0 Å². The van der Waals surface area contributed by atoms with Gasteiger partial charge in [-0.15, -0.1) is 0 Å². The second-order valence-electron chi connectivity index (χ2n) is 12.5. The number of halogens is 6. The van der Waals surface area contributed by atoms with E-state index in [1.165, 1.54) is 0 Å². The Bertz CT molecular complexity index is 718. The Labute approximate surface area is 199 Å². The van der Waals surface area contributed by atoms with Crippen LogP contribution >= 0.6 is 0 Å². The van der Waals surface area contributed by atoms with Gasteiger partial charge in [-0.2, -0.15) is 26.3 Å². The molecule has 0 radical (unpaired) electrons. The molecular formula is C24H40F6N4. The molecule has 4 heterocycles. The highest BCUT2D eigenvalue weighted by Crippen LogP contribution is 2.45. The molecule has 4 saturated heterocycles. The van der Waals surface area contributed by atoms with Gasteiger partial charge in [-0.3, -0.25) is 19.6 Å². The molecule has 4 nitrogen and oxygen atoms in total. The molecule has 0 aromatic rings. The van der Waals surface area contributed by atoms with E-state index in [9.17, 15) is 26.3 Å². The highest BCUT2D eigenvalue weighted by atomic mass is 19.4. The van der Waals surface area contributed by atoms with E-state index in [1.807, 2.05) is 13.8 Å². The molecule has 0 aliphatic carbocycles. The number of hydrogen-bond acceptors (Lipinski definition) is 4. The van der Waals surface area contributed by atoms with Crippen molar-refractivity contribution >= 4 is 0 Å². The quantitative estimate of drug-likeness (QED) is 0.514. The number of rotatable bonds is 5. The fourth-order valence-electron chi connectivity index (χ4n) is 6.68. The van der Waals surface area contributed by atoms with Gasteiger partial charge in [0.1, 0.15) is 12.1 Å². The lowest BCUT2D eigenvalue weighted by Crippen LogP contribution is -2.68. The fourth-order valence-corrected chi connectivity index (χ4v) is 6.68. The summed E-state index contributed by atoms with van der Waals surface area (Å²) in [5, 5.41) is 0. The third-order valence-electron chi connectivity index (χ3n) is 8.80. The normalized spacial score (nSPS) is 32.4. The molecular weight excluding hydrogens is 458 g/mol. The molecule has 4 rings (SSSR count). The maximum absolute atomic E-state index is 14.2. The Balaban J connectivity index is 1.36. The Kier molecular flexibility index (Phi) is 6.83. The molecule has 3 atom stereocenters. The zero-order valence-electron chi connectivity index (χ0n) is 21.0. The van der Waals surface area contributed by atoms with Gasteiger partial charge in [-0.1, -0.05) is 0 Å². The topological polar surface area (TPSA) is 13.0 Å². The molecule has 0 bridgehead atoms. The van der Waals surface area contributed by atoms with Gasteiger partial charge in [0.2, 0.25) is 0 Å². The maximum atomic E-state index is 14.2. The average Bonchev–Trinajstić information content (AvgIpc) is 3.16. The predicted molar refractivity (Wildman–Crippen MR) is 120 cm³/mol. The van der Waals surface area contributed by atoms with E-state index in [0.29, 0.717) is 58.5 Å². The molecule has 0 aromatic heterocycles. The molecule has 4 aliphatic heterocycles. The van der Waals surface area contributed by atoms with Gasteiger partial charge < -0.3 is 0 Å². The summed E-state index contributed by atoms with van der Waals surface area (Å²) in [7, 11) is 0. The second-order valence-corrected chi connectivity index (χ2v) is 12.5. The first kappa shape index (κ1) is 26.5. The van der Waals surface area contributed by atoms with Gasteiger partial charge in [-0.05, 0) is 79.3 Å². The molecule has 0 saturated carbocycles. The lowest BCUT2D eigenvalue weighted by molar-refractivity contribution is -0.203. The van der Waals surface area contributed by atoms with E-state index in [4.69, 9.17) is 0 Å². The van der Waals surface area contributed by atoms with Crippen LogP contribution in [0.1, 0.15) is 60.3 Å². The van der Waals surface area contributed by atoms with Crippen LogP contribution in [0.2, 0.25) is 0 Å². The van der Waals surface area contributed by atoms with Gasteiger partial charge in [0.05, 0.1) is 0 Å². The van der Waals surface area contributed by atoms with Crippen molar-refractivity contribution in [2.45, 2.75) is 108 Å². The smallest absolute Gasteiger partial charge is 0.295 e. The monoisotopic (exact) mass is 498 g/mol. The van der Waals surface area contributed by atoms with Crippen molar-refractivity contribution in [1.29, 1.82) is 0 Å². The average molecular weight is 499 g/mol. The summed E-state index contributed by atoms with van der Waals surface area (Å²) in [5.74, 6) is -0.493. The zero-order chi connectivity index (χ0) is 25.3. The van der Waals surface area contributed by atoms with Crippen molar-refractivity contribution in [2.75, 3.05) is 39.3 Å². The number of likely N-dealkylation sites (tertiary alicyclic amines) is 4. The van der Waals surface area contributed by atoms with Gasteiger partial charge in [-0.25, -0.2) is 0 Å². The summed E-state index contributed by atoms with van der Waals surface area (Å²) in [4.78, 5) is 7.55. The van der Waals surface area contributed by atoms with E-state index in [-0.39, 0.29) is 24.0 Å². The minimum atomic E-state index is -4.29. The van der Waals surface area contributed by atoms with Crippen LogP contribution in [-0.2, 0) is 0 Å². The SMILES string of the molecule is CC(C)(C)N1CC(N2CCC(CC(C)(C)N3CC(N4CCC[C@@H]4C(F)(F)F)C3)[C@H]2C(F)(F)F)C1. The van der Waals surface area contributed by atoms with E-state index < -0.39 is 35.9 Å². The third-order valence-corrected chi connectivity index (χ3v) is 8.80. The third kappa shape index (κ3) is 5.11. The molecule has 4 aliphatic rings. The largest absolute Gasteiger partial charge is 0.404 e. The van der Waals surface area contributed by atoms with Crippen LogP contribution in [0.5, 0.6) is 0 Å². The molecule has 10 heteroatoms. The highest BCUT2D eigenvalue weighted by Gasteiger charge is 2.57. The van der Waals surface area contributed by atoms with Crippen molar-refractivity contribution in [3.8, 4) is 0 Å². The van der Waals surface area contributed by atoms with E-state index >= 15 is 0 Å². The maximum Gasteiger partial charge on any atom is 0.404 e. The lowest BCUT2D eigenvalue weighted by atomic mass is 9.82. The van der Waals surface area contributed by atoms with Gasteiger partial charge in [0.15, 0.2) is 0 Å². The number of hydrogen-bond donors (Lipinski definition) is 0. The summed E-state index contributed by atoms with van der Waals surface area (Å²) in [5.41, 5.74) is -0.523. The van der Waals surface area contributed by atoms with Crippen molar-refractivity contribution in [2.24, 2.45) is 5.92 Å². The molecule has 0 N–H and O–H groups in total. The van der Waals surface area contributed by atoms with Crippen LogP contribution in [0.15, 0.2) is 0 Å². The van der Waals surface area contributed by atoms with E-state index in [0.717, 1.165) is 0 Å². The highest BCUT2D eigenvalue weighted by molar-refractivity contribution is 5.06. The van der Waals surface area contributed by atoms with Crippen molar-refractivity contribution < 1.29 is 26.3 Å². The van der Waals surface area contributed by atoms with Crippen LogP contribution in [0, 0.1) is 5.92 Å². The molecule has 198 valence electrons. The Morgan fingerprint density at radius 3 is 1.76 bits per heavy atom. The first-order valence-corrected chi connectivity index (χ1v) is 12.6. The van der Waals surface area contributed by atoms with Crippen molar-refractivity contribution in [1.82, 2.24) is 19.6 Å². The molecule has 34 heavy (non-hydrogen) atoms. The first-order valence-electron chi connectivity index (χ1n) is 12.6. The predicted octanol–water partition coefficient (Wildman–Crippen LogP) is 4.60. The second kappa shape index (κ2) is 8.77. The Morgan fingerprint density at radius 2 is 1.24 bits per heavy atom. The van der Waals surface area contributed by atoms with Gasteiger partial charge >= 0.3 is 12.4 Å². The fraction of sp³-hybridized carbons (Fsp3) is 1.00. The minimum Gasteiger partial charge on any atom is -0.295 e. The van der Waals surface area contributed by atoms with E-state index in [1.54, 1.807) is 9.80 Å². The van der Waals surface area contributed by atoms with Crippen LogP contribution in [-0.4, -0.2) is 106 Å². The van der Waals surface area contributed by atoms with Gasteiger partial charge in [0, 0.05) is 49.3 Å². The molecule has 0 spiro atoms. The minimum absolute atomic E-state index is 0.0418. The summed E-state index contributed by atoms with van der Waals surface area (Å²) >= 11 is 0.